The van der Waals surface area contributed by atoms with Crippen LogP contribution in [-0.2, 0) is 4.79 Å². The van der Waals surface area contributed by atoms with Crippen molar-refractivity contribution in [3.8, 4) is 23.0 Å². The van der Waals surface area contributed by atoms with Crippen LogP contribution in [-0.4, -0.2) is 43.5 Å². The van der Waals surface area contributed by atoms with Crippen molar-refractivity contribution in [2.75, 3.05) is 25.6 Å². The summed E-state index contributed by atoms with van der Waals surface area (Å²) in [4.78, 5) is 24.6. The Morgan fingerprint density at radius 3 is 2.57 bits per heavy atom. The molecule has 0 aliphatic carbocycles. The molecule has 0 radical (unpaired) electrons. The van der Waals surface area contributed by atoms with Crippen molar-refractivity contribution in [3.63, 3.8) is 0 Å². The van der Waals surface area contributed by atoms with Gasteiger partial charge in [0, 0.05) is 5.56 Å². The Kier molecular flexibility index (Phi) is 9.30. The average Bonchev–Trinajstić information content (AvgIpc) is 2.85. The van der Waals surface area contributed by atoms with Gasteiger partial charge in [0.05, 0.1) is 29.2 Å². The Labute approximate surface area is 216 Å². The fourth-order valence-corrected chi connectivity index (χ4v) is 3.29. The molecule has 10 heteroatoms. The first-order valence-corrected chi connectivity index (χ1v) is 11.6. The lowest BCUT2D eigenvalue weighted by molar-refractivity contribution is -0.118. The number of phenolic OH excluding ortho intramolecular Hbond substituents is 1. The van der Waals surface area contributed by atoms with Crippen LogP contribution in [0.5, 0.6) is 23.0 Å². The lowest BCUT2D eigenvalue weighted by Gasteiger charge is -2.13. The van der Waals surface area contributed by atoms with Crippen LogP contribution in [0.1, 0.15) is 22.8 Å². The van der Waals surface area contributed by atoms with E-state index >= 15 is 0 Å². The van der Waals surface area contributed by atoms with Crippen LogP contribution in [0.4, 0.5) is 5.69 Å². The molecule has 0 saturated carbocycles. The largest absolute Gasteiger partial charge is 0.507 e. The predicted octanol–water partition coefficient (Wildman–Crippen LogP) is 4.19. The summed E-state index contributed by atoms with van der Waals surface area (Å²) in [5.41, 5.74) is 3.88. The zero-order valence-corrected chi connectivity index (χ0v) is 21.2. The molecule has 0 atom stereocenters. The molecule has 0 spiro atoms. The van der Waals surface area contributed by atoms with Crippen molar-refractivity contribution in [2.24, 2.45) is 5.10 Å². The number of hydrogen-bond acceptors (Lipinski definition) is 7. The van der Waals surface area contributed by atoms with E-state index in [1.165, 1.54) is 19.4 Å². The monoisotopic (exact) mass is 589 g/mol. The van der Waals surface area contributed by atoms with Gasteiger partial charge in [-0.25, -0.2) is 5.43 Å². The normalized spacial score (nSPS) is 10.6. The second-order valence-corrected chi connectivity index (χ2v) is 8.20. The molecular formula is C25H24IN3O6. The van der Waals surface area contributed by atoms with Crippen LogP contribution in [0.2, 0.25) is 0 Å². The number of amides is 2. The molecule has 3 aromatic rings. The minimum absolute atomic E-state index is 0.0239. The number of nitrogens with one attached hydrogen (secondary N) is 2. The number of carbonyl (C=O) groups excluding carboxylic acids is 2. The molecule has 0 aromatic heterocycles. The van der Waals surface area contributed by atoms with Gasteiger partial charge in [-0.3, -0.25) is 9.59 Å². The second kappa shape index (κ2) is 12.6. The summed E-state index contributed by atoms with van der Waals surface area (Å²) < 4.78 is 17.2. The third-order valence-corrected chi connectivity index (χ3v) is 5.51. The van der Waals surface area contributed by atoms with Crippen molar-refractivity contribution in [1.29, 1.82) is 0 Å². The maximum Gasteiger partial charge on any atom is 0.271 e. The van der Waals surface area contributed by atoms with Crippen LogP contribution in [0, 0.1) is 3.57 Å². The number of halogens is 1. The molecule has 0 unspecified atom stereocenters. The van der Waals surface area contributed by atoms with Gasteiger partial charge in [-0.05, 0) is 83.6 Å². The number of aromatic hydroxyl groups is 1. The van der Waals surface area contributed by atoms with E-state index in [0.29, 0.717) is 38.7 Å². The van der Waals surface area contributed by atoms with Crippen molar-refractivity contribution in [1.82, 2.24) is 5.43 Å². The fourth-order valence-electron chi connectivity index (χ4n) is 2.95. The van der Waals surface area contributed by atoms with E-state index < -0.39 is 5.91 Å². The molecule has 9 nitrogen and oxygen atoms in total. The molecular weight excluding hydrogens is 565 g/mol. The molecule has 0 saturated heterocycles. The van der Waals surface area contributed by atoms with Gasteiger partial charge in [0.2, 0.25) is 0 Å². The number of methoxy groups -OCH3 is 1. The number of hydrazone groups is 1. The summed E-state index contributed by atoms with van der Waals surface area (Å²) in [5, 5.41) is 16.5. The number of benzene rings is 3. The number of ether oxygens (including phenoxy) is 3. The topological polar surface area (TPSA) is 118 Å². The Hall–Kier alpha value is -3.80. The summed E-state index contributed by atoms with van der Waals surface area (Å²) in [6, 6.07) is 16.7. The summed E-state index contributed by atoms with van der Waals surface area (Å²) >= 11 is 1.97. The molecule has 0 aliphatic heterocycles. The number of hydrogen-bond donors (Lipinski definition) is 3. The van der Waals surface area contributed by atoms with Gasteiger partial charge in [0.25, 0.3) is 11.8 Å². The van der Waals surface area contributed by atoms with Gasteiger partial charge >= 0.3 is 0 Å². The van der Waals surface area contributed by atoms with E-state index in [0.717, 1.165) is 0 Å². The Balaban J connectivity index is 1.61. The average molecular weight is 589 g/mol. The Bertz CT molecular complexity index is 1230. The number of carbonyl (C=O) groups is 2. The van der Waals surface area contributed by atoms with E-state index in [-0.39, 0.29) is 23.8 Å². The SMILES string of the molecule is CCOc1cc(/C=N\NC(=O)c2ccc(I)c(O)c2)ccc1OCC(=O)Nc1ccccc1OC. The first-order valence-electron chi connectivity index (χ1n) is 10.6. The number of nitrogens with zero attached hydrogens (tertiary/aromatic N) is 1. The molecule has 0 heterocycles. The van der Waals surface area contributed by atoms with Crippen LogP contribution in [0.3, 0.4) is 0 Å². The summed E-state index contributed by atoms with van der Waals surface area (Å²) in [7, 11) is 1.53. The van der Waals surface area contributed by atoms with Gasteiger partial charge in [0.1, 0.15) is 11.5 Å². The molecule has 35 heavy (non-hydrogen) atoms. The molecule has 3 N–H and O–H groups in total. The van der Waals surface area contributed by atoms with E-state index in [1.807, 2.05) is 35.6 Å². The molecule has 3 rings (SSSR count). The van der Waals surface area contributed by atoms with E-state index in [2.05, 4.69) is 15.8 Å². The molecule has 3 aromatic carbocycles. The molecule has 0 fully saturated rings. The lowest BCUT2D eigenvalue weighted by atomic mass is 10.2. The molecule has 2 amide bonds. The quantitative estimate of drug-likeness (QED) is 0.186. The highest BCUT2D eigenvalue weighted by atomic mass is 127. The standard InChI is InChI=1S/C25H24IN3O6/c1-3-34-23-12-16(14-27-29-25(32)17-9-10-18(26)20(30)13-17)8-11-22(23)35-15-24(31)28-19-6-4-5-7-21(19)33-2/h4-14,30H,3,15H2,1-2H3,(H,28,31)(H,29,32)/b27-14-. The predicted molar refractivity (Wildman–Crippen MR) is 141 cm³/mol. The highest BCUT2D eigenvalue weighted by Crippen LogP contribution is 2.28. The van der Waals surface area contributed by atoms with Crippen molar-refractivity contribution < 1.29 is 28.9 Å². The van der Waals surface area contributed by atoms with Crippen molar-refractivity contribution in [3.05, 3.63) is 75.4 Å². The van der Waals surface area contributed by atoms with Gasteiger partial charge in [-0.2, -0.15) is 5.10 Å². The molecule has 0 bridgehead atoms. The van der Waals surface area contributed by atoms with Crippen LogP contribution < -0.4 is 25.0 Å². The van der Waals surface area contributed by atoms with E-state index in [1.54, 1.807) is 48.5 Å². The number of para-hydroxylation sites is 2. The minimum Gasteiger partial charge on any atom is -0.507 e. The lowest BCUT2D eigenvalue weighted by Crippen LogP contribution is -2.20. The first-order chi connectivity index (χ1) is 16.9. The number of phenols is 1. The third-order valence-electron chi connectivity index (χ3n) is 4.60. The Morgan fingerprint density at radius 2 is 1.83 bits per heavy atom. The van der Waals surface area contributed by atoms with E-state index in [4.69, 9.17) is 14.2 Å². The second-order valence-electron chi connectivity index (χ2n) is 7.04. The summed E-state index contributed by atoms with van der Waals surface area (Å²) in [6.45, 7) is 1.98. The molecule has 0 aliphatic rings. The molecule has 182 valence electrons. The third kappa shape index (κ3) is 7.34. The summed E-state index contributed by atoms with van der Waals surface area (Å²) in [5.74, 6) is 0.570. The fraction of sp³-hybridized carbons (Fsp3) is 0.160. The van der Waals surface area contributed by atoms with Crippen LogP contribution >= 0.6 is 22.6 Å². The highest BCUT2D eigenvalue weighted by Gasteiger charge is 2.11. The van der Waals surface area contributed by atoms with Crippen molar-refractivity contribution >= 4 is 46.3 Å². The number of anilines is 1. The highest BCUT2D eigenvalue weighted by molar-refractivity contribution is 14.1. The minimum atomic E-state index is -0.459. The van der Waals surface area contributed by atoms with E-state index in [9.17, 15) is 14.7 Å². The van der Waals surface area contributed by atoms with Gasteiger partial charge < -0.3 is 24.6 Å². The van der Waals surface area contributed by atoms with Crippen LogP contribution in [0.25, 0.3) is 0 Å². The first kappa shape index (κ1) is 25.8. The number of rotatable bonds is 10. The zero-order chi connectivity index (χ0) is 25.2. The summed E-state index contributed by atoms with van der Waals surface area (Å²) in [6.07, 6.45) is 1.45. The van der Waals surface area contributed by atoms with Crippen LogP contribution in [0.15, 0.2) is 65.8 Å². The maximum absolute atomic E-state index is 12.3. The smallest absolute Gasteiger partial charge is 0.271 e. The maximum atomic E-state index is 12.3. The van der Waals surface area contributed by atoms with Gasteiger partial charge in [0.15, 0.2) is 18.1 Å². The van der Waals surface area contributed by atoms with Crippen molar-refractivity contribution in [2.45, 2.75) is 6.92 Å². The Morgan fingerprint density at radius 1 is 1.03 bits per heavy atom. The van der Waals surface area contributed by atoms with Gasteiger partial charge in [-0.1, -0.05) is 12.1 Å². The van der Waals surface area contributed by atoms with Gasteiger partial charge in [-0.15, -0.1) is 0 Å². The zero-order valence-electron chi connectivity index (χ0n) is 19.1.